The molecule has 2 heterocycles. The number of hydrogen-bond acceptors (Lipinski definition) is 10. The number of aliphatic hydroxyl groups is 3. The van der Waals surface area contributed by atoms with Crippen LogP contribution in [0.3, 0.4) is 0 Å². The topological polar surface area (TPSA) is 138 Å². The van der Waals surface area contributed by atoms with Crippen molar-refractivity contribution in [2.75, 3.05) is 24.1 Å². The molecule has 2 saturated carbocycles. The van der Waals surface area contributed by atoms with Crippen molar-refractivity contribution in [1.82, 2.24) is 25.0 Å². The molecule has 2 aliphatic carbocycles. The van der Waals surface area contributed by atoms with Crippen LogP contribution in [-0.4, -0.2) is 87.7 Å². The highest BCUT2D eigenvalue weighted by molar-refractivity contribution is 7.99. The second-order valence-electron chi connectivity index (χ2n) is 6.87. The highest BCUT2D eigenvalue weighted by Gasteiger charge is 2.45. The Bertz CT molecular complexity index is 2260. The molecule has 194 valence electrons. The lowest BCUT2D eigenvalue weighted by Gasteiger charge is -2.17. The summed E-state index contributed by atoms with van der Waals surface area (Å²) in [4.78, 5) is 7.78. The SMILES string of the molecule is [2H]OC([2H])([2H])C([2H])([2H])O[C@@]1([2H])C([2H])([2H])[C@@]([2H])(n2nnc3c(N([2H])[C@]4([2H])C([2H])([2H])[C@@]4([2H])c4c([2H])c([2H])c(C)c(F)c4[2H])nc(SC([2H])([2H])C([2H])([2H])C)nc32)[C@]([2H])(O[2H])[C@]1([2H])O[2H]. The van der Waals surface area contributed by atoms with Gasteiger partial charge in [-0.05, 0) is 36.8 Å². The Balaban J connectivity index is 1.87. The summed E-state index contributed by atoms with van der Waals surface area (Å²) in [7, 11) is 0. The number of benzene rings is 1. The van der Waals surface area contributed by atoms with Gasteiger partial charge in [0.2, 0.25) is 4.29 Å². The lowest BCUT2D eigenvalue weighted by molar-refractivity contribution is -0.0629. The van der Waals surface area contributed by atoms with E-state index >= 15 is 4.39 Å². The fourth-order valence-electron chi connectivity index (χ4n) is 2.91. The van der Waals surface area contributed by atoms with E-state index < -0.39 is 131 Å². The number of halogens is 1. The smallest absolute Gasteiger partial charge is 0.211 e. The number of nitrogens with one attached hydrogen (secondary N) is 1. The number of fused-ring (bicyclic) bond motifs is 1. The average Bonchev–Trinajstić information content (AvgIpc) is 3.41. The summed E-state index contributed by atoms with van der Waals surface area (Å²) in [5.41, 5.74) is -7.17. The second-order valence-corrected chi connectivity index (χ2v) is 7.65. The standard InChI is InChI=1S/C24H31FN6O4S/c1-3-8-36-24-27-22(26-16-10-14(16)13-5-4-12(2)15(25)9-13)19-23(28-24)31(30-29-19)17-11-18(35-7-6-32)21(34)20(17)33/h4-5,9,14,16-18,20-21,32-34H,3,6-8,10-11H2,1-2H3,(H,26,27,28)/t14-,16+,17+,18-,20-,21+/m0/s1/i3D2,4D,5D,6D2,7D2,8D2,9D,10D2,11D2,14D,16D,17D,18D,20D,21D,32D,33D,34D/hD. The van der Waals surface area contributed by atoms with Crippen molar-refractivity contribution in [3.8, 4) is 0 Å². The molecule has 2 aromatic heterocycles. The van der Waals surface area contributed by atoms with Crippen molar-refractivity contribution in [3.05, 3.63) is 35.1 Å². The molecular formula is C24H31FN6O4S. The van der Waals surface area contributed by atoms with Crippen molar-refractivity contribution >= 4 is 28.7 Å². The van der Waals surface area contributed by atoms with Crippen LogP contribution in [-0.2, 0) is 4.74 Å². The minimum Gasteiger partial charge on any atom is -0.394 e. The Morgan fingerprint density at radius 3 is 3.11 bits per heavy atom. The molecule has 3 aromatic rings. The van der Waals surface area contributed by atoms with Crippen LogP contribution in [0, 0.1) is 12.7 Å². The van der Waals surface area contributed by atoms with Gasteiger partial charge in [0.05, 0.1) is 41.7 Å². The first-order valence-electron chi connectivity index (χ1n) is 22.0. The molecule has 36 heavy (non-hydrogen) atoms. The van der Waals surface area contributed by atoms with Crippen molar-refractivity contribution in [2.45, 2.75) is 74.3 Å². The first-order valence-corrected chi connectivity index (χ1v) is 10.6. The van der Waals surface area contributed by atoms with Gasteiger partial charge in [0.25, 0.3) is 0 Å². The molecule has 0 unspecified atom stereocenters. The quantitative estimate of drug-likeness (QED) is 0.187. The van der Waals surface area contributed by atoms with Crippen LogP contribution in [0.1, 0.15) is 77.9 Å². The molecule has 0 amide bonds. The van der Waals surface area contributed by atoms with Crippen LogP contribution in [0.4, 0.5) is 10.2 Å². The van der Waals surface area contributed by atoms with Gasteiger partial charge in [0.1, 0.15) is 18.0 Å². The molecule has 2 aliphatic rings. The van der Waals surface area contributed by atoms with Gasteiger partial charge >= 0.3 is 0 Å². The van der Waals surface area contributed by atoms with E-state index in [1.54, 1.807) is 0 Å². The van der Waals surface area contributed by atoms with Gasteiger partial charge < -0.3 is 25.4 Å². The van der Waals surface area contributed by atoms with Gasteiger partial charge in [0.15, 0.2) is 23.6 Å². The Hall–Kier alpha value is -2.38. The van der Waals surface area contributed by atoms with Gasteiger partial charge in [-0.3, -0.25) is 0 Å². The second kappa shape index (κ2) is 10.5. The normalized spacial score (nSPS) is 54.2. The zero-order valence-electron chi connectivity index (χ0n) is 43.1. The van der Waals surface area contributed by atoms with Crippen molar-refractivity contribution in [2.24, 2.45) is 0 Å². The van der Waals surface area contributed by atoms with E-state index in [9.17, 15) is 1.37 Å². The van der Waals surface area contributed by atoms with Crippen molar-refractivity contribution < 1.29 is 54.7 Å². The van der Waals surface area contributed by atoms with Crippen LogP contribution in [0.15, 0.2) is 23.3 Å². The van der Waals surface area contributed by atoms with E-state index in [1.165, 1.54) is 0 Å². The highest BCUT2D eigenvalue weighted by Crippen LogP contribution is 2.44. The Kier molecular flexibility index (Phi) is 2.67. The number of anilines is 1. The molecule has 0 saturated heterocycles. The third-order valence-corrected chi connectivity index (χ3v) is 5.27. The third kappa shape index (κ3) is 4.92. The first kappa shape index (κ1) is 9.12. The number of hydrogen-bond donors (Lipinski definition) is 4. The highest BCUT2D eigenvalue weighted by atomic mass is 32.2. The molecule has 12 heteroatoms. The van der Waals surface area contributed by atoms with Gasteiger partial charge in [-0.25, -0.2) is 19.0 Å². The summed E-state index contributed by atoms with van der Waals surface area (Å²) in [6, 6.07) is -11.0. The van der Waals surface area contributed by atoms with E-state index in [0.29, 0.717) is 0 Å². The van der Waals surface area contributed by atoms with Crippen LogP contribution in [0.5, 0.6) is 0 Å². The number of thioether (sulfide) groups is 1. The molecule has 0 bridgehead atoms. The minimum atomic E-state index is -4.45. The molecule has 0 aliphatic heterocycles. The predicted octanol–water partition coefficient (Wildman–Crippen LogP) is 2.18. The monoisotopic (exact) mass is 543 g/mol. The molecule has 5 rings (SSSR count). The molecule has 1 aromatic carbocycles. The number of ether oxygens (including phenoxy) is 1. The van der Waals surface area contributed by atoms with E-state index in [-0.39, 0.29) is 21.8 Å². The number of nitrogens with zero attached hydrogens (tertiary/aromatic N) is 5. The van der Waals surface area contributed by atoms with Crippen LogP contribution in [0.2, 0.25) is 1.41 Å². The maximum absolute atomic E-state index is 15.2. The summed E-state index contributed by atoms with van der Waals surface area (Å²) in [6.45, 7) is -6.39. The fraction of sp³-hybridized carbons (Fsp3) is 0.583. The molecular weight excluding hydrogens is 487 g/mol. The molecule has 0 spiro atoms. The number of aromatic nitrogens is 5. The predicted molar refractivity (Wildman–Crippen MR) is 133 cm³/mol. The summed E-state index contributed by atoms with van der Waals surface area (Å²) in [5, 5.41) is 17.9. The third-order valence-electron chi connectivity index (χ3n) is 4.60. The average molecular weight is 544 g/mol. The lowest BCUT2D eigenvalue weighted by Crippen LogP contribution is -2.33. The largest absolute Gasteiger partial charge is 0.394 e. The maximum atomic E-state index is 15.2. The van der Waals surface area contributed by atoms with Gasteiger partial charge in [-0.15, -0.1) is 5.10 Å². The maximum Gasteiger partial charge on any atom is 0.211 e. The lowest BCUT2D eigenvalue weighted by atomic mass is 10.1. The summed E-state index contributed by atoms with van der Waals surface area (Å²) in [5.74, 6) is -6.06. The van der Waals surface area contributed by atoms with Gasteiger partial charge in [0, 0.05) is 36.3 Å². The summed E-state index contributed by atoms with van der Waals surface area (Å²) in [6.07, 6.45) is -23.7. The fourth-order valence-corrected chi connectivity index (χ4v) is 3.36. The Morgan fingerprint density at radius 1 is 1.42 bits per heavy atom. The van der Waals surface area contributed by atoms with E-state index in [1.807, 2.05) is 0 Å². The summed E-state index contributed by atoms with van der Waals surface area (Å²) >= 11 is -0.212. The summed E-state index contributed by atoms with van der Waals surface area (Å²) < 4.78 is 229. The number of rotatable bonds is 13. The Labute approximate surface area is 247 Å². The van der Waals surface area contributed by atoms with Gasteiger partial charge in [-0.1, -0.05) is 36.0 Å². The van der Waals surface area contributed by atoms with E-state index in [0.717, 1.165) is 13.8 Å². The van der Waals surface area contributed by atoms with Crippen LogP contribution in [0.25, 0.3) is 11.2 Å². The minimum absolute atomic E-state index is 0.212. The van der Waals surface area contributed by atoms with Crippen molar-refractivity contribution in [3.63, 3.8) is 0 Å². The van der Waals surface area contributed by atoms with Crippen LogP contribution < -0.4 is 5.31 Å². The van der Waals surface area contributed by atoms with Gasteiger partial charge in [-0.2, -0.15) is 0 Å². The molecule has 10 nitrogen and oxygen atoms in total. The Morgan fingerprint density at radius 2 is 2.31 bits per heavy atom. The van der Waals surface area contributed by atoms with E-state index in [4.69, 9.17) is 37.9 Å². The molecule has 2 fully saturated rings. The van der Waals surface area contributed by atoms with Crippen molar-refractivity contribution in [1.29, 1.82) is 4.29 Å². The first-order chi connectivity index (χ1) is 27.3. The zero-order chi connectivity index (χ0) is 47.3. The van der Waals surface area contributed by atoms with E-state index in [2.05, 4.69) is 35.6 Å². The molecule has 4 N–H and O–H groups in total. The van der Waals surface area contributed by atoms with Crippen LogP contribution >= 0.6 is 11.8 Å². The molecule has 0 radical (unpaired) electrons. The molecule has 6 atom stereocenters. The zero-order valence-corrected chi connectivity index (χ0v) is 18.9.